The number of benzene rings is 1. The number of amides is 1. The van der Waals surface area contributed by atoms with E-state index < -0.39 is 5.91 Å². The standard InChI is InChI=1S/C15H15FN2O3/c1-9-4-5-10(8-12(9)16)17-14(19)11-6-7-13(20-2)18-15(11)21-3/h4-8H,1-3H3,(H,17,19). The number of hydrogen-bond acceptors (Lipinski definition) is 4. The summed E-state index contributed by atoms with van der Waals surface area (Å²) in [5.74, 6) is -0.345. The van der Waals surface area contributed by atoms with Gasteiger partial charge >= 0.3 is 0 Å². The van der Waals surface area contributed by atoms with Crippen LogP contribution in [0.1, 0.15) is 15.9 Å². The predicted octanol–water partition coefficient (Wildman–Crippen LogP) is 2.80. The molecule has 2 aromatic rings. The largest absolute Gasteiger partial charge is 0.481 e. The fraction of sp³-hybridized carbons (Fsp3) is 0.200. The monoisotopic (exact) mass is 290 g/mol. The van der Waals surface area contributed by atoms with Gasteiger partial charge in [-0.2, -0.15) is 4.98 Å². The van der Waals surface area contributed by atoms with Gasteiger partial charge in [0.1, 0.15) is 11.4 Å². The molecule has 110 valence electrons. The number of nitrogens with one attached hydrogen (secondary N) is 1. The lowest BCUT2D eigenvalue weighted by atomic mass is 10.2. The summed E-state index contributed by atoms with van der Waals surface area (Å²) in [5.41, 5.74) is 1.11. The second-order valence-corrected chi connectivity index (χ2v) is 4.33. The van der Waals surface area contributed by atoms with Gasteiger partial charge in [0.25, 0.3) is 5.91 Å². The zero-order chi connectivity index (χ0) is 15.4. The minimum atomic E-state index is -0.440. The van der Waals surface area contributed by atoms with Crippen LogP contribution in [0.3, 0.4) is 0 Å². The molecular weight excluding hydrogens is 275 g/mol. The van der Waals surface area contributed by atoms with Crippen molar-refractivity contribution in [3.8, 4) is 11.8 Å². The predicted molar refractivity (Wildman–Crippen MR) is 76.4 cm³/mol. The van der Waals surface area contributed by atoms with Crippen molar-refractivity contribution in [3.63, 3.8) is 0 Å². The first-order valence-electron chi connectivity index (χ1n) is 6.21. The lowest BCUT2D eigenvalue weighted by Crippen LogP contribution is -2.14. The third-order valence-corrected chi connectivity index (χ3v) is 2.91. The molecule has 0 saturated carbocycles. The number of pyridine rings is 1. The third-order valence-electron chi connectivity index (χ3n) is 2.91. The number of nitrogens with zero attached hydrogens (tertiary/aromatic N) is 1. The van der Waals surface area contributed by atoms with Crippen LogP contribution in [0.2, 0.25) is 0 Å². The summed E-state index contributed by atoms with van der Waals surface area (Å²) in [6, 6.07) is 7.56. The average Bonchev–Trinajstić information content (AvgIpc) is 2.50. The highest BCUT2D eigenvalue weighted by atomic mass is 19.1. The summed E-state index contributed by atoms with van der Waals surface area (Å²) < 4.78 is 23.5. The van der Waals surface area contributed by atoms with E-state index in [0.717, 1.165) is 0 Å². The second-order valence-electron chi connectivity index (χ2n) is 4.33. The van der Waals surface area contributed by atoms with Gasteiger partial charge in [0, 0.05) is 11.8 Å². The van der Waals surface area contributed by atoms with Crippen molar-refractivity contribution in [2.75, 3.05) is 19.5 Å². The molecular formula is C15H15FN2O3. The summed E-state index contributed by atoms with van der Waals surface area (Å²) in [6.07, 6.45) is 0. The molecule has 1 aromatic carbocycles. The van der Waals surface area contributed by atoms with E-state index in [0.29, 0.717) is 17.1 Å². The van der Waals surface area contributed by atoms with Crippen molar-refractivity contribution in [2.24, 2.45) is 0 Å². The molecule has 0 fully saturated rings. The number of rotatable bonds is 4. The van der Waals surface area contributed by atoms with Crippen LogP contribution in [0.5, 0.6) is 11.8 Å². The Labute approximate surface area is 121 Å². The van der Waals surface area contributed by atoms with Crippen LogP contribution < -0.4 is 14.8 Å². The van der Waals surface area contributed by atoms with E-state index in [1.165, 1.54) is 26.4 Å². The Bertz CT molecular complexity index is 674. The summed E-state index contributed by atoms with van der Waals surface area (Å²) in [5, 5.41) is 2.60. The lowest BCUT2D eigenvalue weighted by molar-refractivity contribution is 0.102. The molecule has 0 radical (unpaired) electrons. The number of aromatic nitrogens is 1. The van der Waals surface area contributed by atoms with E-state index in [-0.39, 0.29) is 17.3 Å². The Kier molecular flexibility index (Phi) is 4.37. The Morgan fingerprint density at radius 1 is 1.19 bits per heavy atom. The quantitative estimate of drug-likeness (QED) is 0.940. The van der Waals surface area contributed by atoms with Gasteiger partial charge in [0.15, 0.2) is 0 Å². The fourth-order valence-electron chi connectivity index (χ4n) is 1.73. The van der Waals surface area contributed by atoms with Crippen molar-refractivity contribution >= 4 is 11.6 Å². The van der Waals surface area contributed by atoms with Gasteiger partial charge in [-0.1, -0.05) is 6.07 Å². The van der Waals surface area contributed by atoms with Gasteiger partial charge in [0.2, 0.25) is 11.8 Å². The smallest absolute Gasteiger partial charge is 0.261 e. The number of anilines is 1. The van der Waals surface area contributed by atoms with Crippen molar-refractivity contribution in [2.45, 2.75) is 6.92 Å². The Hall–Kier alpha value is -2.63. The number of carbonyl (C=O) groups excluding carboxylic acids is 1. The molecule has 0 spiro atoms. The molecule has 6 heteroatoms. The molecule has 2 rings (SSSR count). The highest BCUT2D eigenvalue weighted by Gasteiger charge is 2.15. The Morgan fingerprint density at radius 3 is 2.57 bits per heavy atom. The molecule has 5 nitrogen and oxygen atoms in total. The maximum Gasteiger partial charge on any atom is 0.261 e. The minimum absolute atomic E-state index is 0.138. The van der Waals surface area contributed by atoms with Crippen molar-refractivity contribution < 1.29 is 18.7 Å². The molecule has 0 saturated heterocycles. The first-order valence-corrected chi connectivity index (χ1v) is 6.21. The number of carbonyl (C=O) groups is 1. The first-order chi connectivity index (χ1) is 10.0. The van der Waals surface area contributed by atoms with Crippen LogP contribution >= 0.6 is 0 Å². The van der Waals surface area contributed by atoms with Gasteiger partial charge < -0.3 is 14.8 Å². The maximum atomic E-state index is 13.5. The molecule has 0 unspecified atom stereocenters. The van der Waals surface area contributed by atoms with E-state index in [9.17, 15) is 9.18 Å². The van der Waals surface area contributed by atoms with Crippen LogP contribution in [0.4, 0.5) is 10.1 Å². The fourth-order valence-corrected chi connectivity index (χ4v) is 1.73. The van der Waals surface area contributed by atoms with Crippen molar-refractivity contribution in [1.29, 1.82) is 0 Å². The highest BCUT2D eigenvalue weighted by Crippen LogP contribution is 2.21. The maximum absolute atomic E-state index is 13.5. The summed E-state index contributed by atoms with van der Waals surface area (Å²) in [6.45, 7) is 1.65. The van der Waals surface area contributed by atoms with E-state index in [1.807, 2.05) is 0 Å². The molecule has 1 N–H and O–H groups in total. The molecule has 0 aliphatic heterocycles. The zero-order valence-corrected chi connectivity index (χ0v) is 11.9. The second kappa shape index (κ2) is 6.21. The molecule has 1 aromatic heterocycles. The van der Waals surface area contributed by atoms with Crippen LogP contribution in [0, 0.1) is 12.7 Å². The minimum Gasteiger partial charge on any atom is -0.481 e. The number of ether oxygens (including phenoxy) is 2. The number of hydrogen-bond donors (Lipinski definition) is 1. The van der Waals surface area contributed by atoms with Crippen molar-refractivity contribution in [1.82, 2.24) is 4.98 Å². The zero-order valence-electron chi connectivity index (χ0n) is 11.9. The SMILES string of the molecule is COc1ccc(C(=O)Nc2ccc(C)c(F)c2)c(OC)n1. The van der Waals surface area contributed by atoms with Crippen LogP contribution in [-0.2, 0) is 0 Å². The topological polar surface area (TPSA) is 60.5 Å². The number of methoxy groups -OCH3 is 2. The third kappa shape index (κ3) is 3.28. The number of halogens is 1. The summed E-state index contributed by atoms with van der Waals surface area (Å²) in [4.78, 5) is 16.2. The van der Waals surface area contributed by atoms with E-state index in [1.54, 1.807) is 25.1 Å². The van der Waals surface area contributed by atoms with E-state index >= 15 is 0 Å². The van der Waals surface area contributed by atoms with Gasteiger partial charge in [-0.3, -0.25) is 4.79 Å². The highest BCUT2D eigenvalue weighted by molar-refractivity contribution is 6.05. The van der Waals surface area contributed by atoms with Crippen LogP contribution in [-0.4, -0.2) is 25.1 Å². The molecule has 1 amide bonds. The van der Waals surface area contributed by atoms with Gasteiger partial charge in [-0.15, -0.1) is 0 Å². The first kappa shape index (κ1) is 14.8. The Balaban J connectivity index is 2.25. The van der Waals surface area contributed by atoms with E-state index in [4.69, 9.17) is 9.47 Å². The lowest BCUT2D eigenvalue weighted by Gasteiger charge is -2.10. The number of aryl methyl sites for hydroxylation is 1. The molecule has 0 bridgehead atoms. The summed E-state index contributed by atoms with van der Waals surface area (Å²) in [7, 11) is 2.88. The van der Waals surface area contributed by atoms with Gasteiger partial charge in [-0.05, 0) is 30.7 Å². The molecule has 1 heterocycles. The van der Waals surface area contributed by atoms with Crippen LogP contribution in [0.15, 0.2) is 30.3 Å². The summed E-state index contributed by atoms with van der Waals surface area (Å²) >= 11 is 0. The normalized spacial score (nSPS) is 10.1. The Morgan fingerprint density at radius 2 is 1.95 bits per heavy atom. The molecule has 0 aliphatic carbocycles. The van der Waals surface area contributed by atoms with E-state index in [2.05, 4.69) is 10.3 Å². The van der Waals surface area contributed by atoms with Gasteiger partial charge in [0.05, 0.1) is 14.2 Å². The molecule has 0 aliphatic rings. The van der Waals surface area contributed by atoms with Crippen LogP contribution in [0.25, 0.3) is 0 Å². The molecule has 0 atom stereocenters. The van der Waals surface area contributed by atoms with Gasteiger partial charge in [-0.25, -0.2) is 4.39 Å². The molecule has 21 heavy (non-hydrogen) atoms. The van der Waals surface area contributed by atoms with Crippen molar-refractivity contribution in [3.05, 3.63) is 47.3 Å². The average molecular weight is 290 g/mol.